The second-order valence-electron chi connectivity index (χ2n) is 7.84. The third-order valence-electron chi connectivity index (χ3n) is 5.54. The van der Waals surface area contributed by atoms with Gasteiger partial charge in [-0.05, 0) is 55.9 Å². The van der Waals surface area contributed by atoms with Gasteiger partial charge in [-0.2, -0.15) is 5.26 Å². The number of hydrogen-bond donors (Lipinski definition) is 2. The van der Waals surface area contributed by atoms with Gasteiger partial charge >= 0.3 is 0 Å². The van der Waals surface area contributed by atoms with E-state index in [0.29, 0.717) is 33.7 Å². The van der Waals surface area contributed by atoms with E-state index in [-0.39, 0.29) is 16.6 Å². The fraction of sp³-hybridized carbons (Fsp3) is 0.381. The zero-order valence-electron chi connectivity index (χ0n) is 17.7. The minimum absolute atomic E-state index is 0.0000553. The summed E-state index contributed by atoms with van der Waals surface area (Å²) in [5, 5.41) is 19.0. The number of nitrogens with zero attached hydrogens (tertiary/aromatic N) is 3. The molecule has 168 valence electrons. The molecule has 2 heterocycles. The number of carbonyl (C=O) groups excluding carboxylic acids is 1. The number of sulfonamides is 1. The number of rotatable bonds is 6. The van der Waals surface area contributed by atoms with Crippen molar-refractivity contribution in [3.05, 3.63) is 34.2 Å². The lowest BCUT2D eigenvalue weighted by Crippen LogP contribution is -2.14. The summed E-state index contributed by atoms with van der Waals surface area (Å²) in [5.41, 5.74) is 2.95. The number of aryl methyl sites for hydroxylation is 1. The van der Waals surface area contributed by atoms with E-state index in [2.05, 4.69) is 23.3 Å². The first-order chi connectivity index (χ1) is 15.2. The van der Waals surface area contributed by atoms with Crippen molar-refractivity contribution in [2.24, 2.45) is 11.1 Å². The molecule has 1 aliphatic carbocycles. The molecule has 0 bridgehead atoms. The van der Waals surface area contributed by atoms with Crippen LogP contribution in [-0.2, 0) is 34.2 Å². The third-order valence-corrected chi connectivity index (χ3v) is 8.60. The average Bonchev–Trinajstić information content (AvgIpc) is 3.26. The maximum atomic E-state index is 12.7. The highest BCUT2D eigenvalue weighted by Gasteiger charge is 2.25. The number of primary sulfonamides is 1. The summed E-state index contributed by atoms with van der Waals surface area (Å²) in [6, 6.07) is 6.83. The largest absolute Gasteiger partial charge is 0.319 e. The van der Waals surface area contributed by atoms with E-state index in [9.17, 15) is 18.5 Å². The number of anilines is 1. The summed E-state index contributed by atoms with van der Waals surface area (Å²) in [7, 11) is -3.82. The normalized spacial score (nSPS) is 16.0. The maximum Gasteiger partial charge on any atom is 0.238 e. The Morgan fingerprint density at radius 2 is 2.25 bits per heavy atom. The molecule has 0 fully saturated rings. The Balaban J connectivity index is 1.52. The Kier molecular flexibility index (Phi) is 6.31. The van der Waals surface area contributed by atoms with Gasteiger partial charge in [-0.15, -0.1) is 11.3 Å². The van der Waals surface area contributed by atoms with E-state index in [0.717, 1.165) is 30.3 Å². The minimum Gasteiger partial charge on any atom is -0.319 e. The van der Waals surface area contributed by atoms with Crippen LogP contribution in [0.15, 0.2) is 28.3 Å². The van der Waals surface area contributed by atoms with E-state index in [1.54, 1.807) is 6.07 Å². The molecule has 0 saturated carbocycles. The van der Waals surface area contributed by atoms with E-state index < -0.39 is 10.0 Å². The van der Waals surface area contributed by atoms with Crippen LogP contribution in [0.2, 0.25) is 0 Å². The van der Waals surface area contributed by atoms with E-state index in [1.807, 2.05) is 11.5 Å². The van der Waals surface area contributed by atoms with E-state index in [1.165, 1.54) is 40.1 Å². The smallest absolute Gasteiger partial charge is 0.238 e. The van der Waals surface area contributed by atoms with Crippen LogP contribution in [0.25, 0.3) is 11.0 Å². The summed E-state index contributed by atoms with van der Waals surface area (Å²) >= 11 is 2.77. The molecule has 0 radical (unpaired) electrons. The Morgan fingerprint density at radius 1 is 1.47 bits per heavy atom. The first-order valence-electron chi connectivity index (χ1n) is 10.2. The maximum absolute atomic E-state index is 12.7. The summed E-state index contributed by atoms with van der Waals surface area (Å²) < 4.78 is 25.2. The topological polar surface area (TPSA) is 131 Å². The van der Waals surface area contributed by atoms with Gasteiger partial charge in [-0.1, -0.05) is 18.7 Å². The zero-order valence-corrected chi connectivity index (χ0v) is 20.2. The molecule has 4 rings (SSSR count). The van der Waals surface area contributed by atoms with Gasteiger partial charge in [0.1, 0.15) is 11.1 Å². The van der Waals surface area contributed by atoms with Gasteiger partial charge < -0.3 is 9.88 Å². The van der Waals surface area contributed by atoms with Crippen molar-refractivity contribution in [1.29, 1.82) is 5.26 Å². The predicted molar refractivity (Wildman–Crippen MR) is 126 cm³/mol. The number of nitrogens with one attached hydrogen (secondary N) is 1. The van der Waals surface area contributed by atoms with Gasteiger partial charge in [-0.3, -0.25) is 4.79 Å². The van der Waals surface area contributed by atoms with Crippen LogP contribution in [0.5, 0.6) is 0 Å². The number of aromatic nitrogens is 2. The number of nitrogens with two attached hydrogens (primary N) is 1. The predicted octanol–water partition coefficient (Wildman–Crippen LogP) is 3.49. The van der Waals surface area contributed by atoms with Gasteiger partial charge in [0.25, 0.3) is 0 Å². The molecular weight excluding hydrogens is 466 g/mol. The van der Waals surface area contributed by atoms with Crippen molar-refractivity contribution < 1.29 is 13.2 Å². The zero-order chi connectivity index (χ0) is 23.0. The van der Waals surface area contributed by atoms with Crippen LogP contribution in [0, 0.1) is 17.2 Å². The lowest BCUT2D eigenvalue weighted by molar-refractivity contribution is -0.113. The number of thioether (sulfide) groups is 1. The lowest BCUT2D eigenvalue weighted by atomic mass is 9.89. The van der Waals surface area contributed by atoms with Gasteiger partial charge in [0, 0.05) is 11.4 Å². The van der Waals surface area contributed by atoms with Gasteiger partial charge in [-0.25, -0.2) is 18.5 Å². The van der Waals surface area contributed by atoms with Crippen LogP contribution >= 0.6 is 23.1 Å². The van der Waals surface area contributed by atoms with Crippen LogP contribution < -0.4 is 10.5 Å². The Labute approximate surface area is 194 Å². The third kappa shape index (κ3) is 4.41. The molecule has 1 atom stereocenters. The summed E-state index contributed by atoms with van der Waals surface area (Å²) in [4.78, 5) is 18.4. The summed E-state index contributed by atoms with van der Waals surface area (Å²) in [6.45, 7) is 4.77. The molecule has 2 aromatic heterocycles. The number of nitriles is 1. The average molecular weight is 490 g/mol. The second kappa shape index (κ2) is 8.86. The molecule has 32 heavy (non-hydrogen) atoms. The minimum atomic E-state index is -3.82. The number of carbonyl (C=O) groups is 1. The molecule has 0 saturated heterocycles. The number of fused-ring (bicyclic) bond motifs is 2. The van der Waals surface area contributed by atoms with Crippen molar-refractivity contribution >= 4 is 55.1 Å². The SMILES string of the molecule is CCn1c(SCC(=O)Nc2sc3c(c2C#N)CC[C@@H](C)C3)nc2cc(S(N)(=O)=O)ccc21. The van der Waals surface area contributed by atoms with Crippen LogP contribution in [0.1, 0.15) is 36.3 Å². The van der Waals surface area contributed by atoms with Crippen molar-refractivity contribution in [2.75, 3.05) is 11.1 Å². The van der Waals surface area contributed by atoms with Crippen molar-refractivity contribution in [2.45, 2.75) is 49.7 Å². The molecule has 0 aliphatic heterocycles. The summed E-state index contributed by atoms with van der Waals surface area (Å²) in [6.07, 6.45) is 2.88. The first kappa shape index (κ1) is 22.8. The fourth-order valence-corrected chi connectivity index (χ4v) is 6.72. The molecule has 11 heteroatoms. The second-order valence-corrected chi connectivity index (χ2v) is 11.4. The number of thiophene rings is 1. The van der Waals surface area contributed by atoms with E-state index >= 15 is 0 Å². The molecule has 1 aliphatic rings. The highest BCUT2D eigenvalue weighted by atomic mass is 32.2. The number of hydrogen-bond acceptors (Lipinski definition) is 7. The molecule has 8 nitrogen and oxygen atoms in total. The first-order valence-corrected chi connectivity index (χ1v) is 13.6. The van der Waals surface area contributed by atoms with Crippen LogP contribution in [-0.4, -0.2) is 29.6 Å². The standard InChI is InChI=1S/C21H23N5O3S3/c1-3-26-17-7-5-13(32(23,28)29)9-16(17)24-21(26)30-11-19(27)25-20-15(10-22)14-6-4-12(2)8-18(14)31-20/h5,7,9,12H,3-4,6,8,11H2,1-2H3,(H,25,27)(H2,23,28,29)/t12-/m1/s1. The molecule has 3 N–H and O–H groups in total. The van der Waals surface area contributed by atoms with Crippen molar-refractivity contribution in [3.8, 4) is 6.07 Å². The fourth-order valence-electron chi connectivity index (χ4n) is 3.93. The highest BCUT2D eigenvalue weighted by molar-refractivity contribution is 7.99. The Bertz CT molecular complexity index is 1350. The molecule has 1 aromatic carbocycles. The molecule has 3 aromatic rings. The quantitative estimate of drug-likeness (QED) is 0.510. The lowest BCUT2D eigenvalue weighted by Gasteiger charge is -2.17. The van der Waals surface area contributed by atoms with Crippen LogP contribution in [0.3, 0.4) is 0 Å². The van der Waals surface area contributed by atoms with Gasteiger partial charge in [0.2, 0.25) is 15.9 Å². The highest BCUT2D eigenvalue weighted by Crippen LogP contribution is 2.39. The Morgan fingerprint density at radius 3 is 2.94 bits per heavy atom. The molecule has 1 amide bonds. The van der Waals surface area contributed by atoms with Gasteiger partial charge in [0.15, 0.2) is 5.16 Å². The van der Waals surface area contributed by atoms with Gasteiger partial charge in [0.05, 0.1) is 27.2 Å². The number of benzene rings is 1. The Hall–Kier alpha value is -2.39. The number of amides is 1. The number of imidazole rings is 1. The van der Waals surface area contributed by atoms with Crippen molar-refractivity contribution in [3.63, 3.8) is 0 Å². The van der Waals surface area contributed by atoms with E-state index in [4.69, 9.17) is 5.14 Å². The molecule has 0 spiro atoms. The van der Waals surface area contributed by atoms with Crippen molar-refractivity contribution in [1.82, 2.24) is 9.55 Å². The van der Waals surface area contributed by atoms with Crippen LogP contribution in [0.4, 0.5) is 5.00 Å². The molecule has 0 unspecified atom stereocenters. The molecular formula is C21H23N5O3S3. The summed E-state index contributed by atoms with van der Waals surface area (Å²) in [5.74, 6) is 0.497. The monoisotopic (exact) mass is 489 g/mol.